The van der Waals surface area contributed by atoms with Crippen molar-refractivity contribution in [2.45, 2.75) is 11.8 Å². The summed E-state index contributed by atoms with van der Waals surface area (Å²) >= 11 is 0.875. The maximum Gasteiger partial charge on any atom is 0.234 e. The normalized spacial score (nSPS) is 10.5. The van der Waals surface area contributed by atoms with E-state index in [2.05, 4.69) is 5.32 Å². The number of halogens is 3. The fourth-order valence-electron chi connectivity index (χ4n) is 1.60. The second kappa shape index (κ2) is 6.67. The summed E-state index contributed by atoms with van der Waals surface area (Å²) in [5.41, 5.74) is 0.799. The van der Waals surface area contributed by atoms with Gasteiger partial charge in [0.25, 0.3) is 0 Å². The lowest BCUT2D eigenvalue weighted by atomic mass is 10.2. The molecule has 0 radical (unpaired) electrons. The molecule has 0 unspecified atom stereocenters. The van der Waals surface area contributed by atoms with Crippen LogP contribution in [0.3, 0.4) is 0 Å². The minimum atomic E-state index is -0.587. The highest BCUT2D eigenvalue weighted by molar-refractivity contribution is 8.00. The number of benzene rings is 2. The standard InChI is InChI=1S/C15H12F3NOS/c1-9-2-4-11(7-13(9)18)19-15(20)8-21-14-6-10(16)3-5-12(14)17/h2-7H,8H2,1H3,(H,19,20). The fourth-order valence-corrected chi connectivity index (χ4v) is 2.36. The average molecular weight is 311 g/mol. The van der Waals surface area contributed by atoms with Gasteiger partial charge in [0, 0.05) is 10.6 Å². The number of nitrogens with one attached hydrogen (secondary N) is 1. The molecule has 21 heavy (non-hydrogen) atoms. The zero-order chi connectivity index (χ0) is 15.4. The second-order valence-electron chi connectivity index (χ2n) is 4.38. The summed E-state index contributed by atoms with van der Waals surface area (Å²) in [6.45, 7) is 1.61. The van der Waals surface area contributed by atoms with E-state index in [9.17, 15) is 18.0 Å². The molecule has 1 N–H and O–H groups in total. The second-order valence-corrected chi connectivity index (χ2v) is 5.39. The van der Waals surface area contributed by atoms with Crippen LogP contribution in [0.1, 0.15) is 5.56 Å². The van der Waals surface area contributed by atoms with Crippen LogP contribution in [0.2, 0.25) is 0 Å². The topological polar surface area (TPSA) is 29.1 Å². The molecule has 1 amide bonds. The van der Waals surface area contributed by atoms with Crippen LogP contribution in [0.15, 0.2) is 41.3 Å². The van der Waals surface area contributed by atoms with Crippen molar-refractivity contribution in [3.05, 3.63) is 59.4 Å². The summed E-state index contributed by atoms with van der Waals surface area (Å²) in [6.07, 6.45) is 0. The van der Waals surface area contributed by atoms with Crippen LogP contribution >= 0.6 is 11.8 Å². The first-order valence-electron chi connectivity index (χ1n) is 6.09. The molecule has 0 atom stereocenters. The van der Waals surface area contributed by atoms with Gasteiger partial charge in [0.15, 0.2) is 0 Å². The lowest BCUT2D eigenvalue weighted by molar-refractivity contribution is -0.113. The van der Waals surface area contributed by atoms with E-state index >= 15 is 0 Å². The van der Waals surface area contributed by atoms with Gasteiger partial charge in [0.2, 0.25) is 5.91 Å². The number of carbonyl (C=O) groups is 1. The van der Waals surface area contributed by atoms with Gasteiger partial charge in [-0.2, -0.15) is 0 Å². The van der Waals surface area contributed by atoms with Crippen molar-refractivity contribution in [1.82, 2.24) is 0 Å². The Morgan fingerprint density at radius 2 is 1.86 bits per heavy atom. The van der Waals surface area contributed by atoms with Gasteiger partial charge in [-0.15, -0.1) is 11.8 Å². The third-order valence-electron chi connectivity index (χ3n) is 2.71. The number of anilines is 1. The zero-order valence-electron chi connectivity index (χ0n) is 11.1. The van der Waals surface area contributed by atoms with Gasteiger partial charge in [0.1, 0.15) is 17.5 Å². The number of carbonyl (C=O) groups excluding carboxylic acids is 1. The van der Waals surface area contributed by atoms with Crippen molar-refractivity contribution in [1.29, 1.82) is 0 Å². The van der Waals surface area contributed by atoms with E-state index in [1.54, 1.807) is 19.1 Å². The predicted molar refractivity (Wildman–Crippen MR) is 76.8 cm³/mol. The van der Waals surface area contributed by atoms with Crippen molar-refractivity contribution < 1.29 is 18.0 Å². The van der Waals surface area contributed by atoms with Crippen molar-refractivity contribution in [3.8, 4) is 0 Å². The number of hydrogen-bond donors (Lipinski definition) is 1. The highest BCUT2D eigenvalue weighted by Crippen LogP contribution is 2.23. The number of rotatable bonds is 4. The molecule has 0 spiro atoms. The maximum atomic E-state index is 13.4. The van der Waals surface area contributed by atoms with Crippen LogP contribution in [-0.4, -0.2) is 11.7 Å². The lowest BCUT2D eigenvalue weighted by Gasteiger charge is -2.07. The Labute approximate surface area is 124 Å². The fraction of sp³-hybridized carbons (Fsp3) is 0.133. The van der Waals surface area contributed by atoms with Crippen LogP contribution in [-0.2, 0) is 4.79 Å². The minimum Gasteiger partial charge on any atom is -0.325 e. The number of aryl methyl sites for hydroxylation is 1. The van der Waals surface area contributed by atoms with Crippen LogP contribution in [0.5, 0.6) is 0 Å². The molecule has 0 saturated heterocycles. The van der Waals surface area contributed by atoms with Gasteiger partial charge in [-0.25, -0.2) is 13.2 Å². The van der Waals surface area contributed by atoms with Crippen molar-refractivity contribution in [2.24, 2.45) is 0 Å². The van der Waals surface area contributed by atoms with E-state index < -0.39 is 23.4 Å². The van der Waals surface area contributed by atoms with Crippen molar-refractivity contribution in [2.75, 3.05) is 11.1 Å². The third-order valence-corrected chi connectivity index (χ3v) is 3.74. The van der Waals surface area contributed by atoms with Gasteiger partial charge >= 0.3 is 0 Å². The molecule has 0 aliphatic heterocycles. The molecule has 0 bridgehead atoms. The maximum absolute atomic E-state index is 13.4. The Kier molecular flexibility index (Phi) is 4.90. The first kappa shape index (κ1) is 15.4. The lowest BCUT2D eigenvalue weighted by Crippen LogP contribution is -2.14. The van der Waals surface area contributed by atoms with Crippen LogP contribution in [0, 0.1) is 24.4 Å². The van der Waals surface area contributed by atoms with Gasteiger partial charge in [-0.1, -0.05) is 6.07 Å². The van der Waals surface area contributed by atoms with Crippen LogP contribution in [0.4, 0.5) is 18.9 Å². The van der Waals surface area contributed by atoms with Crippen molar-refractivity contribution >= 4 is 23.4 Å². The Morgan fingerprint density at radius 1 is 1.10 bits per heavy atom. The molecule has 2 aromatic rings. The molecule has 0 fully saturated rings. The Morgan fingerprint density at radius 3 is 2.57 bits per heavy atom. The van der Waals surface area contributed by atoms with Gasteiger partial charge in [-0.3, -0.25) is 4.79 Å². The first-order chi connectivity index (χ1) is 9.95. The summed E-state index contributed by atoms with van der Waals surface area (Å²) < 4.78 is 39.7. The molecular formula is C15H12F3NOS. The Hall–Kier alpha value is -1.95. The molecule has 0 saturated carbocycles. The monoisotopic (exact) mass is 311 g/mol. The molecule has 0 aromatic heterocycles. The molecule has 110 valence electrons. The SMILES string of the molecule is Cc1ccc(NC(=O)CSc2cc(F)ccc2F)cc1F. The Bertz CT molecular complexity index is 676. The van der Waals surface area contributed by atoms with Gasteiger partial charge in [0.05, 0.1) is 5.75 Å². The summed E-state index contributed by atoms with van der Waals surface area (Å²) in [5, 5.41) is 2.50. The molecule has 0 heterocycles. The number of hydrogen-bond acceptors (Lipinski definition) is 2. The van der Waals surface area contributed by atoms with Crippen molar-refractivity contribution in [3.63, 3.8) is 0 Å². The molecule has 2 nitrogen and oxygen atoms in total. The number of amides is 1. The highest BCUT2D eigenvalue weighted by atomic mass is 32.2. The van der Waals surface area contributed by atoms with E-state index in [4.69, 9.17) is 0 Å². The molecule has 2 aromatic carbocycles. The van der Waals surface area contributed by atoms with Crippen LogP contribution < -0.4 is 5.32 Å². The van der Waals surface area contributed by atoms with E-state index in [1.165, 1.54) is 6.07 Å². The summed E-state index contributed by atoms with van der Waals surface area (Å²) in [4.78, 5) is 11.8. The predicted octanol–water partition coefficient (Wildman–Crippen LogP) is 4.14. The molecule has 2 rings (SSSR count). The largest absolute Gasteiger partial charge is 0.325 e. The number of thioether (sulfide) groups is 1. The highest BCUT2D eigenvalue weighted by Gasteiger charge is 2.09. The van der Waals surface area contributed by atoms with Gasteiger partial charge < -0.3 is 5.32 Å². The quantitative estimate of drug-likeness (QED) is 0.860. The Balaban J connectivity index is 1.95. The van der Waals surface area contributed by atoms with E-state index in [1.807, 2.05) is 0 Å². The first-order valence-corrected chi connectivity index (χ1v) is 7.08. The summed E-state index contributed by atoms with van der Waals surface area (Å²) in [6, 6.07) is 7.37. The zero-order valence-corrected chi connectivity index (χ0v) is 11.9. The average Bonchev–Trinajstić information content (AvgIpc) is 2.44. The molecule has 0 aliphatic carbocycles. The van der Waals surface area contributed by atoms with E-state index in [0.29, 0.717) is 11.3 Å². The van der Waals surface area contributed by atoms with Crippen LogP contribution in [0.25, 0.3) is 0 Å². The minimum absolute atomic E-state index is 0.0558. The summed E-state index contributed by atoms with van der Waals surface area (Å²) in [5.74, 6) is -2.10. The summed E-state index contributed by atoms with van der Waals surface area (Å²) in [7, 11) is 0. The smallest absolute Gasteiger partial charge is 0.234 e. The van der Waals surface area contributed by atoms with E-state index in [0.717, 1.165) is 30.0 Å². The molecule has 6 heteroatoms. The third kappa shape index (κ3) is 4.26. The molecular weight excluding hydrogens is 299 g/mol. The molecule has 0 aliphatic rings. The van der Waals surface area contributed by atoms with Gasteiger partial charge in [-0.05, 0) is 42.8 Å². The van der Waals surface area contributed by atoms with E-state index in [-0.39, 0.29) is 10.6 Å².